The first kappa shape index (κ1) is 17.0. The van der Waals surface area contributed by atoms with Crippen molar-refractivity contribution in [1.29, 1.82) is 5.26 Å². The first-order valence-electron chi connectivity index (χ1n) is 7.14. The Bertz CT molecular complexity index is 659. The van der Waals surface area contributed by atoms with Gasteiger partial charge in [0, 0.05) is 18.8 Å². The van der Waals surface area contributed by atoms with E-state index in [1.165, 1.54) is 11.5 Å². The molecule has 0 spiro atoms. The van der Waals surface area contributed by atoms with Crippen molar-refractivity contribution in [3.8, 4) is 6.07 Å². The summed E-state index contributed by atoms with van der Waals surface area (Å²) in [6.07, 6.45) is 0. The van der Waals surface area contributed by atoms with E-state index in [4.69, 9.17) is 15.5 Å². The third-order valence-electron chi connectivity index (χ3n) is 3.27. The molecule has 0 unspecified atom stereocenters. The molecule has 8 heteroatoms. The van der Waals surface area contributed by atoms with Gasteiger partial charge in [-0.15, -0.1) is 0 Å². The van der Waals surface area contributed by atoms with Gasteiger partial charge in [-0.25, -0.2) is 0 Å². The minimum atomic E-state index is 0.0310. The smallest absolute Gasteiger partial charge is 0.146 e. The fourth-order valence-corrected chi connectivity index (χ4v) is 2.78. The van der Waals surface area contributed by atoms with Crippen molar-refractivity contribution < 1.29 is 10.2 Å². The number of hydrogen-bond acceptors (Lipinski definition) is 8. The van der Waals surface area contributed by atoms with Crippen molar-refractivity contribution in [2.24, 2.45) is 0 Å². The van der Waals surface area contributed by atoms with Gasteiger partial charge in [0.1, 0.15) is 16.6 Å². The average molecular weight is 333 g/mol. The fraction of sp³-hybridized carbons (Fsp3) is 0.333. The Hall–Kier alpha value is -2.34. The predicted molar refractivity (Wildman–Crippen MR) is 91.6 cm³/mol. The molecule has 0 amide bonds. The summed E-state index contributed by atoms with van der Waals surface area (Å²) in [5, 5.41) is 27.9. The van der Waals surface area contributed by atoms with E-state index >= 15 is 0 Å². The van der Waals surface area contributed by atoms with Gasteiger partial charge in [0.05, 0.1) is 24.6 Å². The van der Waals surface area contributed by atoms with Crippen LogP contribution in [0.3, 0.4) is 0 Å². The summed E-state index contributed by atoms with van der Waals surface area (Å²) in [5.41, 5.74) is 9.02. The quantitative estimate of drug-likeness (QED) is 0.543. The van der Waals surface area contributed by atoms with Crippen LogP contribution in [0, 0.1) is 18.3 Å². The molecule has 0 atom stereocenters. The Labute approximate surface area is 138 Å². The Morgan fingerprint density at radius 2 is 1.83 bits per heavy atom. The minimum absolute atomic E-state index is 0.0310. The highest BCUT2D eigenvalue weighted by Gasteiger charge is 2.09. The molecule has 0 aliphatic rings. The number of nitrogens with zero attached hydrogens (tertiary/aromatic N) is 3. The third kappa shape index (κ3) is 4.32. The van der Waals surface area contributed by atoms with Gasteiger partial charge in [-0.3, -0.25) is 5.43 Å². The lowest BCUT2D eigenvalue weighted by molar-refractivity contribution is 0.281. The lowest BCUT2D eigenvalue weighted by atomic mass is 10.2. The van der Waals surface area contributed by atoms with Crippen LogP contribution in [0.15, 0.2) is 24.3 Å². The Morgan fingerprint density at radius 1 is 1.17 bits per heavy atom. The van der Waals surface area contributed by atoms with E-state index in [0.717, 1.165) is 11.4 Å². The van der Waals surface area contributed by atoms with E-state index in [1.54, 1.807) is 6.92 Å². The van der Waals surface area contributed by atoms with Gasteiger partial charge in [-0.2, -0.15) is 9.64 Å². The maximum Gasteiger partial charge on any atom is 0.146 e. The largest absolute Gasteiger partial charge is 0.395 e. The van der Waals surface area contributed by atoms with Gasteiger partial charge in [-0.1, -0.05) is 0 Å². The van der Waals surface area contributed by atoms with E-state index in [9.17, 15) is 0 Å². The normalized spacial score (nSPS) is 10.2. The summed E-state index contributed by atoms with van der Waals surface area (Å²) < 4.78 is 4.14. The summed E-state index contributed by atoms with van der Waals surface area (Å²) in [5.74, 6) is 0. The van der Waals surface area contributed by atoms with Crippen molar-refractivity contribution in [2.75, 3.05) is 42.1 Å². The number of anilines is 3. The number of benzene rings is 1. The van der Waals surface area contributed by atoms with Gasteiger partial charge in [0.2, 0.25) is 0 Å². The van der Waals surface area contributed by atoms with Crippen LogP contribution in [-0.2, 0) is 0 Å². The molecule has 0 fully saturated rings. The molecule has 0 saturated carbocycles. The van der Waals surface area contributed by atoms with E-state index < -0.39 is 0 Å². The van der Waals surface area contributed by atoms with E-state index in [2.05, 4.69) is 21.3 Å². The van der Waals surface area contributed by atoms with Crippen molar-refractivity contribution in [1.82, 2.24) is 4.37 Å². The van der Waals surface area contributed by atoms with Gasteiger partial charge in [0.25, 0.3) is 0 Å². The van der Waals surface area contributed by atoms with Crippen LogP contribution in [-0.4, -0.2) is 40.9 Å². The van der Waals surface area contributed by atoms with Crippen LogP contribution >= 0.6 is 11.5 Å². The monoisotopic (exact) mass is 333 g/mol. The molecule has 0 saturated heterocycles. The SMILES string of the molecule is Cc1nsc(NNc2ccc(N(CCO)CCO)cc2)c1C#N. The maximum absolute atomic E-state index is 9.09. The number of nitriles is 1. The van der Waals surface area contributed by atoms with Crippen LogP contribution < -0.4 is 15.8 Å². The zero-order valence-electron chi connectivity index (χ0n) is 12.8. The zero-order valence-corrected chi connectivity index (χ0v) is 13.6. The molecule has 7 nitrogen and oxygen atoms in total. The summed E-state index contributed by atoms with van der Waals surface area (Å²) in [7, 11) is 0. The van der Waals surface area contributed by atoms with Gasteiger partial charge < -0.3 is 20.5 Å². The summed E-state index contributed by atoms with van der Waals surface area (Å²) >= 11 is 1.23. The van der Waals surface area contributed by atoms with E-state index in [-0.39, 0.29) is 13.2 Å². The van der Waals surface area contributed by atoms with Crippen LogP contribution in [0.25, 0.3) is 0 Å². The van der Waals surface area contributed by atoms with Crippen molar-refractivity contribution in [3.05, 3.63) is 35.5 Å². The Kier molecular flexibility index (Phi) is 6.17. The number of aromatic nitrogens is 1. The molecule has 0 aliphatic carbocycles. The molecule has 1 aromatic heterocycles. The van der Waals surface area contributed by atoms with Gasteiger partial charge in [0.15, 0.2) is 0 Å². The summed E-state index contributed by atoms with van der Waals surface area (Å²) in [6, 6.07) is 9.68. The lowest BCUT2D eigenvalue weighted by Gasteiger charge is -2.23. The maximum atomic E-state index is 9.09. The second kappa shape index (κ2) is 8.33. The molecule has 4 N–H and O–H groups in total. The van der Waals surface area contributed by atoms with Crippen molar-refractivity contribution >= 4 is 27.9 Å². The molecule has 23 heavy (non-hydrogen) atoms. The second-order valence-electron chi connectivity index (χ2n) is 4.82. The highest BCUT2D eigenvalue weighted by molar-refractivity contribution is 7.10. The molecule has 2 rings (SSSR count). The molecular weight excluding hydrogens is 314 g/mol. The van der Waals surface area contributed by atoms with Crippen LogP contribution in [0.4, 0.5) is 16.4 Å². The van der Waals surface area contributed by atoms with Gasteiger partial charge >= 0.3 is 0 Å². The van der Waals surface area contributed by atoms with Crippen LogP contribution in [0.2, 0.25) is 0 Å². The average Bonchev–Trinajstić information content (AvgIpc) is 2.93. The van der Waals surface area contributed by atoms with Crippen LogP contribution in [0.5, 0.6) is 0 Å². The Morgan fingerprint density at radius 3 is 2.39 bits per heavy atom. The number of hydrogen-bond donors (Lipinski definition) is 4. The van der Waals surface area contributed by atoms with E-state index in [0.29, 0.717) is 29.3 Å². The minimum Gasteiger partial charge on any atom is -0.395 e. The topological polar surface area (TPSA) is 104 Å². The number of aliphatic hydroxyl groups excluding tert-OH is 2. The number of nitrogens with one attached hydrogen (secondary N) is 2. The standard InChI is InChI=1S/C15H19N5O2S/c1-11-14(10-16)15(23-19-11)18-17-12-2-4-13(5-3-12)20(6-8-21)7-9-22/h2-5,17-18,21-22H,6-9H2,1H3. The summed E-state index contributed by atoms with van der Waals surface area (Å²) in [6.45, 7) is 2.80. The fourth-order valence-electron chi connectivity index (χ4n) is 2.08. The number of aryl methyl sites for hydroxylation is 1. The van der Waals surface area contributed by atoms with Gasteiger partial charge in [-0.05, 0) is 42.7 Å². The molecule has 1 aromatic carbocycles. The first-order chi connectivity index (χ1) is 11.2. The lowest BCUT2D eigenvalue weighted by Crippen LogP contribution is -2.29. The predicted octanol–water partition coefficient (Wildman–Crippen LogP) is 1.55. The Balaban J connectivity index is 2.01. The van der Waals surface area contributed by atoms with E-state index in [1.807, 2.05) is 29.2 Å². The van der Waals surface area contributed by atoms with Crippen molar-refractivity contribution in [2.45, 2.75) is 6.92 Å². The number of aliphatic hydroxyl groups is 2. The van der Waals surface area contributed by atoms with Crippen LogP contribution in [0.1, 0.15) is 11.3 Å². The second-order valence-corrected chi connectivity index (χ2v) is 5.59. The summed E-state index contributed by atoms with van der Waals surface area (Å²) in [4.78, 5) is 1.90. The van der Waals surface area contributed by atoms with Crippen molar-refractivity contribution in [3.63, 3.8) is 0 Å². The first-order valence-corrected chi connectivity index (χ1v) is 7.92. The molecule has 0 aliphatic heterocycles. The molecule has 0 bridgehead atoms. The molecule has 0 radical (unpaired) electrons. The highest BCUT2D eigenvalue weighted by Crippen LogP contribution is 2.24. The number of hydrazine groups is 1. The molecule has 1 heterocycles. The highest BCUT2D eigenvalue weighted by atomic mass is 32.1. The number of rotatable bonds is 8. The molecule has 122 valence electrons. The third-order valence-corrected chi connectivity index (χ3v) is 4.12. The molecular formula is C15H19N5O2S. The molecule has 2 aromatic rings. The zero-order chi connectivity index (χ0) is 16.7.